The number of para-hydroxylation sites is 1. The molecule has 0 fully saturated rings. The van der Waals surface area contributed by atoms with Crippen molar-refractivity contribution in [2.75, 3.05) is 7.05 Å². The molecule has 0 saturated carbocycles. The van der Waals surface area contributed by atoms with Crippen molar-refractivity contribution >= 4 is 16.9 Å². The van der Waals surface area contributed by atoms with Crippen molar-refractivity contribution in [1.29, 1.82) is 0 Å². The first kappa shape index (κ1) is 20.8. The number of benzene rings is 2. The number of nitrogens with one attached hydrogen (secondary N) is 1. The Morgan fingerprint density at radius 1 is 1.16 bits per heavy atom. The zero-order valence-electron chi connectivity index (χ0n) is 17.0. The quantitative estimate of drug-likeness (QED) is 0.635. The number of ether oxygens (including phenoxy) is 2. The van der Waals surface area contributed by atoms with Gasteiger partial charge in [0.2, 0.25) is 6.29 Å². The van der Waals surface area contributed by atoms with Gasteiger partial charge in [-0.05, 0) is 29.3 Å². The molecule has 1 aliphatic heterocycles. The van der Waals surface area contributed by atoms with Crippen molar-refractivity contribution in [3.63, 3.8) is 0 Å². The molecular weight excluding hydrogens is 398 g/mol. The third kappa shape index (κ3) is 4.52. The van der Waals surface area contributed by atoms with Crippen LogP contribution in [0.5, 0.6) is 0 Å². The lowest BCUT2D eigenvalue weighted by Gasteiger charge is -2.28. The number of likely N-dealkylation sites (N-methyl/N-ethyl adjacent to an activating group) is 1. The number of fused-ring (bicyclic) bond motifs is 1. The van der Waals surface area contributed by atoms with Gasteiger partial charge in [-0.2, -0.15) is 0 Å². The molecule has 3 aromatic rings. The van der Waals surface area contributed by atoms with Gasteiger partial charge in [0.25, 0.3) is 5.91 Å². The Kier molecular flexibility index (Phi) is 6.16. The summed E-state index contributed by atoms with van der Waals surface area (Å²) in [5, 5.41) is 12.2. The SMILES string of the molecule is CNC(=O)C1=C[C@@H](c2coc3ccccc3c2=O)C[C@@H](OCc2ccc(CO)cc2)O1. The van der Waals surface area contributed by atoms with Crippen LogP contribution in [0.4, 0.5) is 0 Å². The van der Waals surface area contributed by atoms with E-state index >= 15 is 0 Å². The Morgan fingerprint density at radius 2 is 1.90 bits per heavy atom. The zero-order chi connectivity index (χ0) is 21.8. The normalized spacial score (nSPS) is 18.3. The number of allylic oxidation sites excluding steroid dienone is 1. The van der Waals surface area contributed by atoms with Crippen LogP contribution in [0.15, 0.2) is 75.8 Å². The summed E-state index contributed by atoms with van der Waals surface area (Å²) in [5.74, 6) is -0.689. The fraction of sp³-hybridized carbons (Fsp3) is 0.250. The van der Waals surface area contributed by atoms with Gasteiger partial charge in [-0.3, -0.25) is 9.59 Å². The molecule has 0 spiro atoms. The lowest BCUT2D eigenvalue weighted by molar-refractivity contribution is -0.150. The van der Waals surface area contributed by atoms with Crippen LogP contribution in [-0.4, -0.2) is 24.4 Å². The van der Waals surface area contributed by atoms with Crippen LogP contribution in [0.25, 0.3) is 11.0 Å². The van der Waals surface area contributed by atoms with Crippen LogP contribution >= 0.6 is 0 Å². The monoisotopic (exact) mass is 421 g/mol. The summed E-state index contributed by atoms with van der Waals surface area (Å²) in [4.78, 5) is 25.3. The molecule has 4 rings (SSSR count). The summed E-state index contributed by atoms with van der Waals surface area (Å²) in [6, 6.07) is 14.4. The molecule has 160 valence electrons. The Bertz CT molecular complexity index is 1160. The van der Waals surface area contributed by atoms with Crippen LogP contribution in [0.3, 0.4) is 0 Å². The molecule has 2 aromatic carbocycles. The van der Waals surface area contributed by atoms with Crippen molar-refractivity contribution in [1.82, 2.24) is 5.32 Å². The molecular formula is C24H23NO6. The summed E-state index contributed by atoms with van der Waals surface area (Å²) in [7, 11) is 1.51. The molecule has 1 aliphatic rings. The van der Waals surface area contributed by atoms with Gasteiger partial charge in [0.05, 0.1) is 24.9 Å². The number of hydrogen-bond acceptors (Lipinski definition) is 6. The van der Waals surface area contributed by atoms with Crippen LogP contribution in [0.2, 0.25) is 0 Å². The van der Waals surface area contributed by atoms with Gasteiger partial charge >= 0.3 is 0 Å². The highest BCUT2D eigenvalue weighted by molar-refractivity contribution is 5.91. The maximum Gasteiger partial charge on any atom is 0.285 e. The number of carbonyl (C=O) groups is 1. The predicted molar refractivity (Wildman–Crippen MR) is 114 cm³/mol. The molecule has 0 saturated heterocycles. The first-order chi connectivity index (χ1) is 15.1. The van der Waals surface area contributed by atoms with E-state index in [-0.39, 0.29) is 24.4 Å². The van der Waals surface area contributed by atoms with Crippen LogP contribution in [-0.2, 0) is 27.5 Å². The molecule has 7 nitrogen and oxygen atoms in total. The number of amides is 1. The molecule has 31 heavy (non-hydrogen) atoms. The number of aliphatic hydroxyl groups excluding tert-OH is 1. The molecule has 2 N–H and O–H groups in total. The minimum atomic E-state index is -0.717. The predicted octanol–water partition coefficient (Wildman–Crippen LogP) is 2.96. The standard InChI is InChI=1S/C24H23NO6/c1-25-24(28)21-10-17(19-14-29-20-5-3-2-4-18(20)23(19)27)11-22(31-21)30-13-16-8-6-15(12-26)7-9-16/h2-10,14,17,22,26H,11-13H2,1H3,(H,25,28)/t17-,22+/m1/s1. The average molecular weight is 421 g/mol. The van der Waals surface area contributed by atoms with E-state index in [4.69, 9.17) is 19.0 Å². The molecule has 0 radical (unpaired) electrons. The summed E-state index contributed by atoms with van der Waals surface area (Å²) < 4.78 is 17.3. The lowest BCUT2D eigenvalue weighted by Crippen LogP contribution is -2.32. The van der Waals surface area contributed by atoms with Gasteiger partial charge in [0.1, 0.15) is 5.58 Å². The second kappa shape index (κ2) is 9.16. The van der Waals surface area contributed by atoms with Gasteiger partial charge in [0, 0.05) is 24.9 Å². The summed E-state index contributed by atoms with van der Waals surface area (Å²) in [5.41, 5.74) is 2.53. The Morgan fingerprint density at radius 3 is 2.65 bits per heavy atom. The first-order valence-electron chi connectivity index (χ1n) is 10.0. The molecule has 7 heteroatoms. The minimum absolute atomic E-state index is 0.0246. The number of rotatable bonds is 6. The minimum Gasteiger partial charge on any atom is -0.464 e. The summed E-state index contributed by atoms with van der Waals surface area (Å²) >= 11 is 0. The van der Waals surface area contributed by atoms with Crippen LogP contribution in [0.1, 0.15) is 29.0 Å². The second-order valence-corrected chi connectivity index (χ2v) is 7.30. The van der Waals surface area contributed by atoms with E-state index < -0.39 is 18.1 Å². The number of carbonyl (C=O) groups excluding carboxylic acids is 1. The molecule has 2 atom stereocenters. The Balaban J connectivity index is 1.59. The van der Waals surface area contributed by atoms with Gasteiger partial charge in [-0.15, -0.1) is 0 Å². The number of hydrogen-bond donors (Lipinski definition) is 2. The van der Waals surface area contributed by atoms with Crippen molar-refractivity contribution in [3.8, 4) is 0 Å². The average Bonchev–Trinajstić information content (AvgIpc) is 2.82. The summed E-state index contributed by atoms with van der Waals surface area (Å²) in [6.45, 7) is 0.236. The molecule has 1 amide bonds. The van der Waals surface area contributed by atoms with E-state index in [2.05, 4.69) is 5.32 Å². The maximum absolute atomic E-state index is 13.0. The van der Waals surface area contributed by atoms with E-state index in [0.717, 1.165) is 11.1 Å². The van der Waals surface area contributed by atoms with E-state index in [9.17, 15) is 9.59 Å². The first-order valence-corrected chi connectivity index (χ1v) is 10.0. The van der Waals surface area contributed by atoms with Crippen molar-refractivity contribution < 1.29 is 23.8 Å². The van der Waals surface area contributed by atoms with Gasteiger partial charge in [-0.1, -0.05) is 36.4 Å². The largest absolute Gasteiger partial charge is 0.464 e. The Hall–Kier alpha value is -3.42. The van der Waals surface area contributed by atoms with Gasteiger partial charge in [0.15, 0.2) is 11.2 Å². The zero-order valence-corrected chi connectivity index (χ0v) is 17.0. The highest BCUT2D eigenvalue weighted by Crippen LogP contribution is 2.31. The van der Waals surface area contributed by atoms with Crippen molar-refractivity contribution in [2.45, 2.75) is 31.8 Å². The highest BCUT2D eigenvalue weighted by atomic mass is 16.7. The topological polar surface area (TPSA) is 98.0 Å². The second-order valence-electron chi connectivity index (χ2n) is 7.30. The smallest absolute Gasteiger partial charge is 0.285 e. The van der Waals surface area contributed by atoms with Crippen LogP contribution < -0.4 is 10.7 Å². The third-order valence-electron chi connectivity index (χ3n) is 5.26. The summed E-state index contributed by atoms with van der Waals surface area (Å²) in [6.07, 6.45) is 2.72. The van der Waals surface area contributed by atoms with Crippen molar-refractivity contribution in [3.05, 3.63) is 93.5 Å². The molecule has 2 heterocycles. The van der Waals surface area contributed by atoms with Crippen LogP contribution in [0, 0.1) is 0 Å². The van der Waals surface area contributed by atoms with E-state index in [1.54, 1.807) is 30.3 Å². The van der Waals surface area contributed by atoms with E-state index in [0.29, 0.717) is 23.0 Å². The fourth-order valence-corrected chi connectivity index (χ4v) is 3.54. The maximum atomic E-state index is 13.0. The molecule has 1 aromatic heterocycles. The van der Waals surface area contributed by atoms with Gasteiger partial charge < -0.3 is 24.3 Å². The van der Waals surface area contributed by atoms with E-state index in [1.165, 1.54) is 13.3 Å². The highest BCUT2D eigenvalue weighted by Gasteiger charge is 2.30. The van der Waals surface area contributed by atoms with E-state index in [1.807, 2.05) is 24.3 Å². The molecule has 0 bridgehead atoms. The lowest BCUT2D eigenvalue weighted by atomic mass is 9.93. The third-order valence-corrected chi connectivity index (χ3v) is 5.26. The fourth-order valence-electron chi connectivity index (χ4n) is 3.54. The molecule has 0 aliphatic carbocycles. The van der Waals surface area contributed by atoms with Gasteiger partial charge in [-0.25, -0.2) is 0 Å². The Labute approximate surface area is 178 Å². The number of aliphatic hydroxyl groups is 1. The molecule has 0 unspecified atom stereocenters. The van der Waals surface area contributed by atoms with Crippen molar-refractivity contribution in [2.24, 2.45) is 0 Å².